The van der Waals surface area contributed by atoms with Crippen LogP contribution < -0.4 is 11.2 Å². The molecular weight excluding hydrogens is 240 g/mol. The molecule has 0 aliphatic carbocycles. The van der Waals surface area contributed by atoms with Crippen molar-refractivity contribution in [3.63, 3.8) is 0 Å². The number of benzene rings is 1. The van der Waals surface area contributed by atoms with E-state index in [0.717, 1.165) is 5.56 Å². The van der Waals surface area contributed by atoms with E-state index >= 15 is 0 Å². The molecule has 1 heterocycles. The zero-order chi connectivity index (χ0) is 13.3. The van der Waals surface area contributed by atoms with Gasteiger partial charge in [0.25, 0.3) is 0 Å². The van der Waals surface area contributed by atoms with Gasteiger partial charge < -0.3 is 15.1 Å². The number of hydrogen-bond acceptors (Lipinski definition) is 3. The normalized spacial score (nSPS) is 13.2. The lowest BCUT2D eigenvalue weighted by atomic mass is 10.1. The van der Waals surface area contributed by atoms with Gasteiger partial charge in [-0.1, -0.05) is 0 Å². The molecule has 6 heteroatoms. The highest BCUT2D eigenvalue weighted by Gasteiger charge is 2.16. The maximum atomic E-state index is 13.3. The molecule has 1 unspecified atom stereocenters. The van der Waals surface area contributed by atoms with Crippen molar-refractivity contribution in [1.29, 1.82) is 0 Å². The van der Waals surface area contributed by atoms with E-state index in [1.54, 1.807) is 24.9 Å². The van der Waals surface area contributed by atoms with Crippen LogP contribution in [0.25, 0.3) is 10.9 Å². The Morgan fingerprint density at radius 1 is 1.39 bits per heavy atom. The van der Waals surface area contributed by atoms with Crippen LogP contribution >= 0.6 is 0 Å². The Balaban J connectivity index is 2.48. The second kappa shape index (κ2) is 5.01. The molecule has 3 N–H and O–H groups in total. The average Bonchev–Trinajstić information content (AvgIpc) is 2.65. The van der Waals surface area contributed by atoms with Crippen molar-refractivity contribution in [2.75, 3.05) is 13.7 Å². The van der Waals surface area contributed by atoms with Gasteiger partial charge in [-0.15, -0.1) is 0 Å². The van der Waals surface area contributed by atoms with Crippen molar-refractivity contribution in [2.45, 2.75) is 6.04 Å². The number of nitrogens with two attached hydrogens (primary N) is 1. The summed E-state index contributed by atoms with van der Waals surface area (Å²) in [6.45, 7) is 0.245. The first-order valence-corrected chi connectivity index (χ1v) is 5.52. The highest BCUT2D eigenvalue weighted by atomic mass is 19.2. The minimum absolute atomic E-state index is 0.245. The molecule has 4 nitrogen and oxygen atoms in total. The molecule has 1 aromatic heterocycles. The second-order valence-corrected chi connectivity index (χ2v) is 4.10. The van der Waals surface area contributed by atoms with Crippen LogP contribution in [0.5, 0.6) is 0 Å². The predicted octanol–water partition coefficient (Wildman–Crippen LogP) is 1.61. The van der Waals surface area contributed by atoms with Crippen LogP contribution in [0, 0.1) is 11.6 Å². The first-order chi connectivity index (χ1) is 8.54. The van der Waals surface area contributed by atoms with Crippen LogP contribution in [-0.4, -0.2) is 18.2 Å². The maximum absolute atomic E-state index is 13.3. The van der Waals surface area contributed by atoms with E-state index in [2.05, 4.69) is 5.48 Å². The lowest BCUT2D eigenvalue weighted by molar-refractivity contribution is 0.0481. The Morgan fingerprint density at radius 3 is 2.72 bits per heavy atom. The smallest absolute Gasteiger partial charge is 0.160 e. The van der Waals surface area contributed by atoms with E-state index in [0.29, 0.717) is 10.9 Å². The number of halogens is 2. The van der Waals surface area contributed by atoms with Gasteiger partial charge in [0.1, 0.15) is 0 Å². The van der Waals surface area contributed by atoms with Crippen LogP contribution in [0.15, 0.2) is 18.3 Å². The summed E-state index contributed by atoms with van der Waals surface area (Å²) < 4.78 is 28.2. The van der Waals surface area contributed by atoms with Gasteiger partial charge in [0, 0.05) is 31.7 Å². The molecular formula is C12H15F2N3O. The SMILES string of the molecule is CNOCC(N)c1cn(C)c2cc(F)c(F)cc12. The molecule has 0 fully saturated rings. The van der Waals surface area contributed by atoms with Crippen molar-refractivity contribution in [3.8, 4) is 0 Å². The molecule has 18 heavy (non-hydrogen) atoms. The summed E-state index contributed by atoms with van der Waals surface area (Å²) in [6.07, 6.45) is 1.76. The number of nitrogens with one attached hydrogen (secondary N) is 1. The topological polar surface area (TPSA) is 52.2 Å². The molecule has 0 amide bonds. The van der Waals surface area contributed by atoms with Crippen molar-refractivity contribution in [3.05, 3.63) is 35.5 Å². The Kier molecular flexibility index (Phi) is 3.60. The van der Waals surface area contributed by atoms with Crippen LogP contribution in [0.4, 0.5) is 8.78 Å². The summed E-state index contributed by atoms with van der Waals surface area (Å²) in [4.78, 5) is 5.01. The number of rotatable bonds is 4. The quantitative estimate of drug-likeness (QED) is 0.816. The molecule has 2 rings (SSSR count). The highest BCUT2D eigenvalue weighted by molar-refractivity contribution is 5.84. The second-order valence-electron chi connectivity index (χ2n) is 4.10. The summed E-state index contributed by atoms with van der Waals surface area (Å²) in [5.41, 5.74) is 9.80. The van der Waals surface area contributed by atoms with Gasteiger partial charge in [-0.25, -0.2) is 14.3 Å². The summed E-state index contributed by atoms with van der Waals surface area (Å²) in [7, 11) is 3.39. The maximum Gasteiger partial charge on any atom is 0.160 e. The van der Waals surface area contributed by atoms with Crippen LogP contribution in [0.3, 0.4) is 0 Å². The zero-order valence-corrected chi connectivity index (χ0v) is 10.2. The fourth-order valence-electron chi connectivity index (χ4n) is 1.97. The van der Waals surface area contributed by atoms with E-state index < -0.39 is 17.7 Å². The van der Waals surface area contributed by atoms with Crippen molar-refractivity contribution in [2.24, 2.45) is 12.8 Å². The number of aryl methyl sites for hydroxylation is 1. The summed E-state index contributed by atoms with van der Waals surface area (Å²) >= 11 is 0. The van der Waals surface area contributed by atoms with Gasteiger partial charge in [-0.3, -0.25) is 0 Å². The Hall–Kier alpha value is -1.50. The van der Waals surface area contributed by atoms with Crippen molar-refractivity contribution < 1.29 is 13.6 Å². The van der Waals surface area contributed by atoms with E-state index in [4.69, 9.17) is 10.6 Å². The van der Waals surface area contributed by atoms with Crippen LogP contribution in [-0.2, 0) is 11.9 Å². The molecule has 0 saturated carbocycles. The van der Waals surface area contributed by atoms with Crippen molar-refractivity contribution >= 4 is 10.9 Å². The first kappa shape index (κ1) is 12.9. The number of aromatic nitrogens is 1. The zero-order valence-electron chi connectivity index (χ0n) is 10.2. The van der Waals surface area contributed by atoms with E-state index in [-0.39, 0.29) is 6.61 Å². The fourth-order valence-corrected chi connectivity index (χ4v) is 1.97. The molecule has 1 aromatic carbocycles. The van der Waals surface area contributed by atoms with Gasteiger partial charge in [0.05, 0.1) is 18.2 Å². The molecule has 0 aliphatic rings. The third-order valence-electron chi connectivity index (χ3n) is 2.87. The monoisotopic (exact) mass is 255 g/mol. The number of fused-ring (bicyclic) bond motifs is 1. The van der Waals surface area contributed by atoms with Gasteiger partial charge in [-0.2, -0.15) is 0 Å². The Morgan fingerprint density at radius 2 is 2.06 bits per heavy atom. The fraction of sp³-hybridized carbons (Fsp3) is 0.333. The largest absolute Gasteiger partial charge is 0.350 e. The highest BCUT2D eigenvalue weighted by Crippen LogP contribution is 2.27. The predicted molar refractivity (Wildman–Crippen MR) is 64.8 cm³/mol. The van der Waals surface area contributed by atoms with E-state index in [1.165, 1.54) is 12.1 Å². The molecule has 0 spiro atoms. The molecule has 1 atom stereocenters. The molecule has 98 valence electrons. The third kappa shape index (κ3) is 2.22. The molecule has 0 aliphatic heterocycles. The first-order valence-electron chi connectivity index (χ1n) is 5.52. The minimum atomic E-state index is -0.878. The van der Waals surface area contributed by atoms with Crippen molar-refractivity contribution in [1.82, 2.24) is 10.0 Å². The lowest BCUT2D eigenvalue weighted by Gasteiger charge is -2.10. The summed E-state index contributed by atoms with van der Waals surface area (Å²) in [5, 5.41) is 0.601. The molecule has 0 bridgehead atoms. The standard InChI is InChI=1S/C12H15F2N3O/c1-16-18-6-11(15)8-5-17(2)12-4-10(14)9(13)3-7(8)12/h3-5,11,16H,6,15H2,1-2H3. The van der Waals surface area contributed by atoms with E-state index in [9.17, 15) is 8.78 Å². The Bertz CT molecular complexity index is 568. The van der Waals surface area contributed by atoms with Gasteiger partial charge in [0.2, 0.25) is 0 Å². The molecule has 2 aromatic rings. The molecule has 0 saturated heterocycles. The van der Waals surface area contributed by atoms with Gasteiger partial charge in [0.15, 0.2) is 11.6 Å². The van der Waals surface area contributed by atoms with Gasteiger partial charge >= 0.3 is 0 Å². The van der Waals surface area contributed by atoms with Crippen LogP contribution in [0.2, 0.25) is 0 Å². The van der Waals surface area contributed by atoms with Gasteiger partial charge in [-0.05, 0) is 11.6 Å². The minimum Gasteiger partial charge on any atom is -0.350 e. The molecule has 0 radical (unpaired) electrons. The summed E-state index contributed by atoms with van der Waals surface area (Å²) in [5.74, 6) is -1.74. The van der Waals surface area contributed by atoms with Crippen LogP contribution in [0.1, 0.15) is 11.6 Å². The Labute approximate surface area is 103 Å². The number of nitrogens with zero attached hydrogens (tertiary/aromatic N) is 1. The number of hydrogen-bond donors (Lipinski definition) is 2. The average molecular weight is 255 g/mol. The number of hydroxylamine groups is 1. The van der Waals surface area contributed by atoms with E-state index in [1.807, 2.05) is 0 Å². The lowest BCUT2D eigenvalue weighted by Crippen LogP contribution is -2.21. The summed E-state index contributed by atoms with van der Waals surface area (Å²) in [6, 6.07) is 1.92. The third-order valence-corrected chi connectivity index (χ3v) is 2.87.